The Hall–Kier alpha value is -0.750. The standard InChI is InChI=1S/C13H18ClN3O2.2ClH/c1-2-19-13(18)17-7-5-16(6-8-17)10-11-3-4-12(14)15-9-11;;/h3-4,9H,2,5-8,10H2,1H3;2*1H. The minimum absolute atomic E-state index is 0. The summed E-state index contributed by atoms with van der Waals surface area (Å²) in [5.41, 5.74) is 1.13. The number of carbonyl (C=O) groups excluding carboxylic acids is 1. The van der Waals surface area contributed by atoms with Gasteiger partial charge in [0.05, 0.1) is 6.61 Å². The van der Waals surface area contributed by atoms with Crippen molar-refractivity contribution in [3.63, 3.8) is 0 Å². The Kier molecular flexibility index (Phi) is 9.70. The highest BCUT2D eigenvalue weighted by Crippen LogP contribution is 2.10. The second-order valence-corrected chi connectivity index (χ2v) is 4.84. The number of ether oxygens (including phenoxy) is 1. The number of carbonyl (C=O) groups is 1. The summed E-state index contributed by atoms with van der Waals surface area (Å²) in [6, 6.07) is 3.78. The summed E-state index contributed by atoms with van der Waals surface area (Å²) in [6.07, 6.45) is 1.58. The van der Waals surface area contributed by atoms with Crippen LogP contribution < -0.4 is 0 Å². The fraction of sp³-hybridized carbons (Fsp3) is 0.538. The first-order chi connectivity index (χ1) is 9.19. The number of piperazine rings is 1. The lowest BCUT2D eigenvalue weighted by atomic mass is 10.2. The summed E-state index contributed by atoms with van der Waals surface area (Å²) in [5.74, 6) is 0. The molecule has 8 heteroatoms. The molecule has 0 bridgehead atoms. The molecule has 2 rings (SSSR count). The molecule has 0 atom stereocenters. The van der Waals surface area contributed by atoms with E-state index in [4.69, 9.17) is 16.3 Å². The highest BCUT2D eigenvalue weighted by Gasteiger charge is 2.21. The average molecular weight is 357 g/mol. The van der Waals surface area contributed by atoms with Gasteiger partial charge in [-0.25, -0.2) is 9.78 Å². The maximum absolute atomic E-state index is 11.6. The molecule has 0 N–H and O–H groups in total. The monoisotopic (exact) mass is 355 g/mol. The summed E-state index contributed by atoms with van der Waals surface area (Å²) in [6.45, 7) is 6.20. The van der Waals surface area contributed by atoms with Crippen molar-refractivity contribution in [2.24, 2.45) is 0 Å². The lowest BCUT2D eigenvalue weighted by Gasteiger charge is -2.33. The van der Waals surface area contributed by atoms with Crippen LogP contribution in [0.2, 0.25) is 5.15 Å². The van der Waals surface area contributed by atoms with Gasteiger partial charge in [0.2, 0.25) is 0 Å². The van der Waals surface area contributed by atoms with Gasteiger partial charge >= 0.3 is 6.09 Å². The minimum atomic E-state index is -0.213. The molecule has 1 amide bonds. The maximum atomic E-state index is 11.6. The molecule has 0 saturated carbocycles. The fourth-order valence-corrected chi connectivity index (χ4v) is 2.17. The lowest BCUT2D eigenvalue weighted by molar-refractivity contribution is 0.0778. The summed E-state index contributed by atoms with van der Waals surface area (Å²) in [5, 5.41) is 0.510. The Morgan fingerprint density at radius 2 is 1.95 bits per heavy atom. The van der Waals surface area contributed by atoms with Gasteiger partial charge in [-0.2, -0.15) is 0 Å². The average Bonchev–Trinajstić information content (AvgIpc) is 2.42. The van der Waals surface area contributed by atoms with Crippen LogP contribution in [0.15, 0.2) is 18.3 Å². The number of hydrogen-bond acceptors (Lipinski definition) is 4. The van der Waals surface area contributed by atoms with E-state index in [9.17, 15) is 4.79 Å². The summed E-state index contributed by atoms with van der Waals surface area (Å²) in [7, 11) is 0. The van der Waals surface area contributed by atoms with Crippen molar-refractivity contribution in [2.75, 3.05) is 32.8 Å². The molecule has 1 saturated heterocycles. The van der Waals surface area contributed by atoms with Gasteiger partial charge in [0, 0.05) is 38.9 Å². The SMILES string of the molecule is CCOC(=O)N1CCN(Cc2ccc(Cl)nc2)CC1.Cl.Cl. The molecule has 0 aliphatic carbocycles. The molecule has 1 aliphatic rings. The van der Waals surface area contributed by atoms with Crippen molar-refractivity contribution in [3.05, 3.63) is 29.0 Å². The van der Waals surface area contributed by atoms with Gasteiger partial charge in [0.1, 0.15) is 5.15 Å². The Labute approximate surface area is 142 Å². The molecule has 21 heavy (non-hydrogen) atoms. The van der Waals surface area contributed by atoms with E-state index in [0.717, 1.165) is 25.2 Å². The van der Waals surface area contributed by atoms with Crippen molar-refractivity contribution < 1.29 is 9.53 Å². The van der Waals surface area contributed by atoms with E-state index in [1.165, 1.54) is 0 Å². The van der Waals surface area contributed by atoms with E-state index in [1.807, 2.05) is 13.0 Å². The third-order valence-electron chi connectivity index (χ3n) is 3.09. The van der Waals surface area contributed by atoms with E-state index in [0.29, 0.717) is 24.8 Å². The number of pyridine rings is 1. The van der Waals surface area contributed by atoms with E-state index in [1.54, 1.807) is 17.2 Å². The molecule has 1 aromatic rings. The van der Waals surface area contributed by atoms with Crippen LogP contribution in [0.5, 0.6) is 0 Å². The first-order valence-electron chi connectivity index (χ1n) is 6.43. The van der Waals surface area contributed by atoms with Crippen LogP contribution in [0.4, 0.5) is 4.79 Å². The number of rotatable bonds is 3. The van der Waals surface area contributed by atoms with Crippen molar-refractivity contribution in [1.29, 1.82) is 0 Å². The van der Waals surface area contributed by atoms with E-state index in [-0.39, 0.29) is 30.9 Å². The normalized spacial score (nSPS) is 14.9. The van der Waals surface area contributed by atoms with Gasteiger partial charge in [0.15, 0.2) is 0 Å². The van der Waals surface area contributed by atoms with Crippen molar-refractivity contribution in [2.45, 2.75) is 13.5 Å². The van der Waals surface area contributed by atoms with Crippen LogP contribution >= 0.6 is 36.4 Å². The molecule has 0 spiro atoms. The molecular formula is C13H20Cl3N3O2. The zero-order valence-electron chi connectivity index (χ0n) is 11.8. The smallest absolute Gasteiger partial charge is 0.409 e. The van der Waals surface area contributed by atoms with E-state index in [2.05, 4.69) is 9.88 Å². The van der Waals surface area contributed by atoms with Gasteiger partial charge in [-0.05, 0) is 18.6 Å². The maximum Gasteiger partial charge on any atom is 0.409 e. The van der Waals surface area contributed by atoms with Crippen molar-refractivity contribution >= 4 is 42.5 Å². The number of amides is 1. The number of halogens is 3. The summed E-state index contributed by atoms with van der Waals surface area (Å²) in [4.78, 5) is 19.7. The van der Waals surface area contributed by atoms with E-state index < -0.39 is 0 Å². The molecule has 0 radical (unpaired) electrons. The van der Waals surface area contributed by atoms with Crippen molar-refractivity contribution in [1.82, 2.24) is 14.8 Å². The zero-order chi connectivity index (χ0) is 13.7. The topological polar surface area (TPSA) is 45.7 Å². The van der Waals surface area contributed by atoms with Gasteiger partial charge < -0.3 is 9.64 Å². The second-order valence-electron chi connectivity index (χ2n) is 4.45. The molecule has 0 unspecified atom stereocenters. The molecule has 5 nitrogen and oxygen atoms in total. The largest absolute Gasteiger partial charge is 0.450 e. The van der Waals surface area contributed by atoms with Gasteiger partial charge in [-0.1, -0.05) is 17.7 Å². The van der Waals surface area contributed by atoms with Crippen LogP contribution in [0, 0.1) is 0 Å². The number of hydrogen-bond donors (Lipinski definition) is 0. The van der Waals surface area contributed by atoms with Crippen LogP contribution in [0.3, 0.4) is 0 Å². The van der Waals surface area contributed by atoms with Crippen LogP contribution in [0.25, 0.3) is 0 Å². The van der Waals surface area contributed by atoms with Gasteiger partial charge in [0.25, 0.3) is 0 Å². The Morgan fingerprint density at radius 1 is 1.29 bits per heavy atom. The Bertz CT molecular complexity index is 423. The van der Waals surface area contributed by atoms with Crippen molar-refractivity contribution in [3.8, 4) is 0 Å². The quantitative estimate of drug-likeness (QED) is 0.781. The van der Waals surface area contributed by atoms with Crippen LogP contribution in [-0.4, -0.2) is 53.7 Å². The molecule has 1 aromatic heterocycles. The number of nitrogens with zero attached hydrogens (tertiary/aromatic N) is 3. The van der Waals surface area contributed by atoms with Gasteiger partial charge in [-0.3, -0.25) is 4.90 Å². The second kappa shape index (κ2) is 10.1. The zero-order valence-corrected chi connectivity index (χ0v) is 14.2. The fourth-order valence-electron chi connectivity index (χ4n) is 2.06. The summed E-state index contributed by atoms with van der Waals surface area (Å²) < 4.78 is 4.99. The van der Waals surface area contributed by atoms with Crippen LogP contribution in [-0.2, 0) is 11.3 Å². The molecule has 1 fully saturated rings. The van der Waals surface area contributed by atoms with Crippen LogP contribution in [0.1, 0.15) is 12.5 Å². The molecule has 1 aliphatic heterocycles. The predicted octanol–water partition coefficient (Wildman–Crippen LogP) is 2.85. The third kappa shape index (κ3) is 6.26. The van der Waals surface area contributed by atoms with E-state index >= 15 is 0 Å². The molecule has 120 valence electrons. The Morgan fingerprint density at radius 3 is 2.48 bits per heavy atom. The Balaban J connectivity index is 0.00000200. The highest BCUT2D eigenvalue weighted by molar-refractivity contribution is 6.29. The van der Waals surface area contributed by atoms with Gasteiger partial charge in [-0.15, -0.1) is 24.8 Å². The molecular weight excluding hydrogens is 337 g/mol. The highest BCUT2D eigenvalue weighted by atomic mass is 35.5. The molecule has 0 aromatic carbocycles. The first kappa shape index (κ1) is 20.2. The number of aromatic nitrogens is 1. The predicted molar refractivity (Wildman–Crippen MR) is 87.6 cm³/mol. The first-order valence-corrected chi connectivity index (χ1v) is 6.81. The molecule has 2 heterocycles. The summed E-state index contributed by atoms with van der Waals surface area (Å²) >= 11 is 5.76. The third-order valence-corrected chi connectivity index (χ3v) is 3.32. The lowest BCUT2D eigenvalue weighted by Crippen LogP contribution is -2.48. The minimum Gasteiger partial charge on any atom is -0.450 e.